The molecule has 0 radical (unpaired) electrons. The second-order valence-corrected chi connectivity index (χ2v) is 2.63. The lowest BCUT2D eigenvalue weighted by molar-refractivity contribution is 0.631. The third-order valence-corrected chi connectivity index (χ3v) is 1.63. The smallest absolute Gasteiger partial charge is 0.108 e. The lowest BCUT2D eigenvalue weighted by Gasteiger charge is -2.04. The average molecular weight is 153 g/mol. The lowest BCUT2D eigenvalue weighted by Crippen LogP contribution is -2.20. The van der Waals surface area contributed by atoms with Gasteiger partial charge >= 0.3 is 0 Å². The van der Waals surface area contributed by atoms with Crippen molar-refractivity contribution >= 4 is 5.84 Å². The Balaban J connectivity index is 3.55. The van der Waals surface area contributed by atoms with Gasteiger partial charge in [0.25, 0.3) is 0 Å². The molecule has 1 atom stereocenters. The van der Waals surface area contributed by atoms with Crippen molar-refractivity contribution < 1.29 is 0 Å². The molecule has 62 valence electrons. The van der Waals surface area contributed by atoms with Gasteiger partial charge in [-0.2, -0.15) is 5.26 Å². The van der Waals surface area contributed by atoms with Gasteiger partial charge in [0.15, 0.2) is 0 Å². The average Bonchev–Trinajstić information content (AvgIpc) is 1.97. The van der Waals surface area contributed by atoms with E-state index in [9.17, 15) is 0 Å². The summed E-state index contributed by atoms with van der Waals surface area (Å²) in [5.74, 6) is -0.356. The SMILES string of the molecule is CCCCCC(C#N)C(=N)N. The first-order valence-corrected chi connectivity index (χ1v) is 3.95. The normalized spacial score (nSPS) is 12.0. The summed E-state index contributed by atoms with van der Waals surface area (Å²) in [6.45, 7) is 2.11. The van der Waals surface area contributed by atoms with E-state index in [1.54, 1.807) is 0 Å². The molecule has 0 spiro atoms. The molecule has 0 saturated heterocycles. The number of hydrogen-bond donors (Lipinski definition) is 2. The fourth-order valence-electron chi connectivity index (χ4n) is 0.888. The first kappa shape index (κ1) is 9.96. The molecule has 0 saturated carbocycles. The summed E-state index contributed by atoms with van der Waals surface area (Å²) in [6.07, 6.45) is 3.98. The standard InChI is InChI=1S/C8H15N3/c1-2-3-4-5-7(6-9)8(10)11/h7H,2-5H2,1H3,(H3,10,11). The highest BCUT2D eigenvalue weighted by atomic mass is 14.7. The number of nitrogens with one attached hydrogen (secondary N) is 1. The van der Waals surface area contributed by atoms with Gasteiger partial charge in [0.05, 0.1) is 6.07 Å². The summed E-state index contributed by atoms with van der Waals surface area (Å²) < 4.78 is 0. The Hall–Kier alpha value is -1.04. The first-order chi connectivity index (χ1) is 5.22. The van der Waals surface area contributed by atoms with E-state index in [-0.39, 0.29) is 11.8 Å². The number of nitriles is 1. The van der Waals surface area contributed by atoms with Crippen LogP contribution in [0.1, 0.15) is 32.6 Å². The Morgan fingerprint density at radius 3 is 2.64 bits per heavy atom. The van der Waals surface area contributed by atoms with E-state index in [2.05, 4.69) is 6.92 Å². The van der Waals surface area contributed by atoms with Crippen molar-refractivity contribution in [2.24, 2.45) is 11.7 Å². The van der Waals surface area contributed by atoms with Gasteiger partial charge < -0.3 is 5.73 Å². The van der Waals surface area contributed by atoms with Crippen molar-refractivity contribution in [1.29, 1.82) is 10.7 Å². The summed E-state index contributed by atoms with van der Waals surface area (Å²) in [6, 6.07) is 2.01. The van der Waals surface area contributed by atoms with E-state index in [0.29, 0.717) is 0 Å². The molecule has 0 amide bonds. The van der Waals surface area contributed by atoms with Gasteiger partial charge in [-0.15, -0.1) is 0 Å². The topological polar surface area (TPSA) is 73.7 Å². The zero-order chi connectivity index (χ0) is 8.69. The lowest BCUT2D eigenvalue weighted by atomic mass is 10.0. The molecule has 0 aromatic heterocycles. The van der Waals surface area contributed by atoms with Crippen LogP contribution in [0.25, 0.3) is 0 Å². The molecule has 0 bridgehead atoms. The van der Waals surface area contributed by atoms with Gasteiger partial charge in [-0.05, 0) is 6.42 Å². The van der Waals surface area contributed by atoms with E-state index >= 15 is 0 Å². The zero-order valence-electron chi connectivity index (χ0n) is 6.93. The molecular weight excluding hydrogens is 138 g/mol. The quantitative estimate of drug-likeness (QED) is 0.358. The van der Waals surface area contributed by atoms with Crippen molar-refractivity contribution in [3.63, 3.8) is 0 Å². The van der Waals surface area contributed by atoms with Crippen LogP contribution >= 0.6 is 0 Å². The van der Waals surface area contributed by atoms with Crippen molar-refractivity contribution in [3.05, 3.63) is 0 Å². The predicted octanol–water partition coefficient (Wildman–Crippen LogP) is 1.64. The molecular formula is C8H15N3. The van der Waals surface area contributed by atoms with Crippen molar-refractivity contribution in [2.75, 3.05) is 0 Å². The third kappa shape index (κ3) is 4.38. The van der Waals surface area contributed by atoms with E-state index < -0.39 is 0 Å². The van der Waals surface area contributed by atoms with Gasteiger partial charge in [0.1, 0.15) is 11.8 Å². The number of nitrogens with two attached hydrogens (primary N) is 1. The molecule has 0 rings (SSSR count). The van der Waals surface area contributed by atoms with Crippen LogP contribution < -0.4 is 5.73 Å². The minimum atomic E-state index is -0.360. The summed E-state index contributed by atoms with van der Waals surface area (Å²) >= 11 is 0. The van der Waals surface area contributed by atoms with Crippen molar-refractivity contribution in [1.82, 2.24) is 0 Å². The molecule has 3 heteroatoms. The molecule has 3 nitrogen and oxygen atoms in total. The van der Waals surface area contributed by atoms with E-state index in [4.69, 9.17) is 16.4 Å². The van der Waals surface area contributed by atoms with Gasteiger partial charge in [0, 0.05) is 0 Å². The Morgan fingerprint density at radius 1 is 1.64 bits per heavy atom. The monoisotopic (exact) mass is 153 g/mol. The van der Waals surface area contributed by atoms with Crippen LogP contribution in [0.5, 0.6) is 0 Å². The second kappa shape index (κ2) is 5.72. The van der Waals surface area contributed by atoms with Gasteiger partial charge in [-0.25, -0.2) is 0 Å². The molecule has 0 aliphatic rings. The van der Waals surface area contributed by atoms with Crippen LogP contribution in [-0.4, -0.2) is 5.84 Å². The highest BCUT2D eigenvalue weighted by Crippen LogP contribution is 2.08. The molecule has 0 aromatic rings. The van der Waals surface area contributed by atoms with Gasteiger partial charge in [-0.1, -0.05) is 26.2 Å². The van der Waals surface area contributed by atoms with Crippen LogP contribution in [0.15, 0.2) is 0 Å². The highest BCUT2D eigenvalue weighted by Gasteiger charge is 2.08. The Morgan fingerprint density at radius 2 is 2.27 bits per heavy atom. The molecule has 0 fully saturated rings. The zero-order valence-corrected chi connectivity index (χ0v) is 6.93. The summed E-state index contributed by atoms with van der Waals surface area (Å²) in [5.41, 5.74) is 5.19. The number of unbranched alkanes of at least 4 members (excludes halogenated alkanes) is 2. The fourth-order valence-corrected chi connectivity index (χ4v) is 0.888. The molecule has 1 unspecified atom stereocenters. The Labute approximate surface area is 67.7 Å². The third-order valence-electron chi connectivity index (χ3n) is 1.63. The van der Waals surface area contributed by atoms with E-state index in [1.807, 2.05) is 6.07 Å². The second-order valence-electron chi connectivity index (χ2n) is 2.63. The van der Waals surface area contributed by atoms with Crippen molar-refractivity contribution in [2.45, 2.75) is 32.6 Å². The number of rotatable bonds is 5. The highest BCUT2D eigenvalue weighted by molar-refractivity contribution is 5.81. The maximum atomic E-state index is 8.52. The molecule has 0 aliphatic carbocycles. The Bertz CT molecular complexity index is 157. The summed E-state index contributed by atoms with van der Waals surface area (Å²) in [5, 5.41) is 15.6. The maximum absolute atomic E-state index is 8.52. The van der Waals surface area contributed by atoms with Crippen molar-refractivity contribution in [3.8, 4) is 6.07 Å². The molecule has 11 heavy (non-hydrogen) atoms. The fraction of sp³-hybridized carbons (Fsp3) is 0.750. The minimum absolute atomic E-state index is 0.00334. The molecule has 3 N–H and O–H groups in total. The van der Waals surface area contributed by atoms with Gasteiger partial charge in [0.2, 0.25) is 0 Å². The number of nitrogens with zero attached hydrogens (tertiary/aromatic N) is 1. The minimum Gasteiger partial charge on any atom is -0.387 e. The number of hydrogen-bond acceptors (Lipinski definition) is 2. The molecule has 0 aromatic carbocycles. The maximum Gasteiger partial charge on any atom is 0.108 e. The summed E-state index contributed by atoms with van der Waals surface area (Å²) in [7, 11) is 0. The van der Waals surface area contributed by atoms with Crippen LogP contribution in [-0.2, 0) is 0 Å². The van der Waals surface area contributed by atoms with E-state index in [1.165, 1.54) is 0 Å². The van der Waals surface area contributed by atoms with Crippen LogP contribution in [0.3, 0.4) is 0 Å². The molecule has 0 heterocycles. The largest absolute Gasteiger partial charge is 0.387 e. The summed E-state index contributed by atoms with van der Waals surface area (Å²) in [4.78, 5) is 0. The van der Waals surface area contributed by atoms with Crippen LogP contribution in [0.4, 0.5) is 0 Å². The van der Waals surface area contributed by atoms with E-state index in [0.717, 1.165) is 25.7 Å². The molecule has 0 aliphatic heterocycles. The first-order valence-electron chi connectivity index (χ1n) is 3.95. The Kier molecular flexibility index (Phi) is 5.18. The number of amidine groups is 1. The van der Waals surface area contributed by atoms with Gasteiger partial charge in [-0.3, -0.25) is 5.41 Å². The van der Waals surface area contributed by atoms with Crippen LogP contribution in [0.2, 0.25) is 0 Å². The predicted molar refractivity (Wildman–Crippen MR) is 45.2 cm³/mol. The van der Waals surface area contributed by atoms with Crippen LogP contribution in [0, 0.1) is 22.7 Å².